The number of carbonyl (C=O) groups is 1. The standard InChI is InChI=1S/C19H17BrN4OS/c20-14-5-3-13(4-6-14)16-9-7-15(26-16)8-10-19(25)21-12-18-23-22-17-2-1-11-24(17)18/h3-10H,1-2,11-12H2,(H,21,25). The van der Waals surface area contributed by atoms with Crippen LogP contribution in [0.1, 0.15) is 22.9 Å². The molecule has 0 unspecified atom stereocenters. The minimum absolute atomic E-state index is 0.126. The second kappa shape index (κ2) is 7.55. The first kappa shape index (κ1) is 17.2. The van der Waals surface area contributed by atoms with Gasteiger partial charge in [-0.25, -0.2) is 0 Å². The molecular weight excluding hydrogens is 412 g/mol. The minimum atomic E-state index is -0.126. The molecule has 0 bridgehead atoms. The molecule has 1 N–H and O–H groups in total. The molecule has 1 aliphatic heterocycles. The molecule has 2 aromatic heterocycles. The maximum Gasteiger partial charge on any atom is 0.244 e. The van der Waals surface area contributed by atoms with Gasteiger partial charge in [-0.2, -0.15) is 0 Å². The zero-order valence-corrected chi connectivity index (χ0v) is 16.4. The van der Waals surface area contributed by atoms with Crippen molar-refractivity contribution in [1.29, 1.82) is 0 Å². The Morgan fingerprint density at radius 1 is 1.23 bits per heavy atom. The molecule has 1 aliphatic rings. The SMILES string of the molecule is O=C(C=Cc1ccc(-c2ccc(Br)cc2)s1)NCc1nnc2n1CCC2. The van der Waals surface area contributed by atoms with Gasteiger partial charge in [0.25, 0.3) is 0 Å². The van der Waals surface area contributed by atoms with Crippen LogP contribution in [0.3, 0.4) is 0 Å². The summed E-state index contributed by atoms with van der Waals surface area (Å²) in [6, 6.07) is 12.3. The number of aryl methyl sites for hydroxylation is 1. The van der Waals surface area contributed by atoms with Crippen LogP contribution in [0.5, 0.6) is 0 Å². The molecule has 1 aromatic carbocycles. The summed E-state index contributed by atoms with van der Waals surface area (Å²) in [4.78, 5) is 14.3. The van der Waals surface area contributed by atoms with Crippen molar-refractivity contribution in [3.63, 3.8) is 0 Å². The Bertz CT molecular complexity index is 958. The first-order chi connectivity index (χ1) is 12.7. The number of fused-ring (bicyclic) bond motifs is 1. The van der Waals surface area contributed by atoms with Crippen molar-refractivity contribution in [1.82, 2.24) is 20.1 Å². The van der Waals surface area contributed by atoms with Crippen molar-refractivity contribution in [3.8, 4) is 10.4 Å². The summed E-state index contributed by atoms with van der Waals surface area (Å²) in [6.45, 7) is 1.35. The van der Waals surface area contributed by atoms with Crippen LogP contribution in [-0.2, 0) is 24.3 Å². The van der Waals surface area contributed by atoms with Crippen LogP contribution in [0, 0.1) is 0 Å². The molecule has 4 rings (SSSR count). The zero-order valence-electron chi connectivity index (χ0n) is 14.0. The summed E-state index contributed by atoms with van der Waals surface area (Å²) < 4.78 is 3.15. The fraction of sp³-hybridized carbons (Fsp3) is 0.211. The smallest absolute Gasteiger partial charge is 0.244 e. The Labute approximate surface area is 163 Å². The van der Waals surface area contributed by atoms with E-state index >= 15 is 0 Å². The molecule has 5 nitrogen and oxygen atoms in total. The van der Waals surface area contributed by atoms with E-state index in [-0.39, 0.29) is 5.91 Å². The molecule has 3 aromatic rings. The van der Waals surface area contributed by atoms with Gasteiger partial charge in [-0.1, -0.05) is 28.1 Å². The normalized spacial score (nSPS) is 13.3. The molecule has 0 atom stereocenters. The number of thiophene rings is 1. The van der Waals surface area contributed by atoms with Crippen molar-refractivity contribution in [3.05, 3.63) is 63.5 Å². The van der Waals surface area contributed by atoms with Crippen LogP contribution in [-0.4, -0.2) is 20.7 Å². The third kappa shape index (κ3) is 3.78. The van der Waals surface area contributed by atoms with E-state index in [0.29, 0.717) is 6.54 Å². The van der Waals surface area contributed by atoms with Gasteiger partial charge in [0.2, 0.25) is 5.91 Å². The number of nitrogens with one attached hydrogen (secondary N) is 1. The van der Waals surface area contributed by atoms with E-state index in [4.69, 9.17) is 0 Å². The van der Waals surface area contributed by atoms with Crippen LogP contribution < -0.4 is 5.32 Å². The molecule has 3 heterocycles. The number of carbonyl (C=O) groups excluding carboxylic acids is 1. The predicted octanol–water partition coefficient (Wildman–Crippen LogP) is 4.04. The number of amides is 1. The van der Waals surface area contributed by atoms with E-state index in [2.05, 4.69) is 54.2 Å². The van der Waals surface area contributed by atoms with Gasteiger partial charge in [-0.05, 0) is 42.3 Å². The molecule has 1 amide bonds. The number of aromatic nitrogens is 3. The predicted molar refractivity (Wildman–Crippen MR) is 107 cm³/mol. The van der Waals surface area contributed by atoms with Crippen molar-refractivity contribution in [2.45, 2.75) is 25.9 Å². The second-order valence-corrected chi connectivity index (χ2v) is 8.08. The third-order valence-corrected chi connectivity index (χ3v) is 5.89. The van der Waals surface area contributed by atoms with E-state index < -0.39 is 0 Å². The number of hydrogen-bond donors (Lipinski definition) is 1. The van der Waals surface area contributed by atoms with Crippen molar-refractivity contribution in [2.75, 3.05) is 0 Å². The van der Waals surface area contributed by atoms with Crippen LogP contribution in [0.15, 0.2) is 46.9 Å². The molecular formula is C19H17BrN4OS. The van der Waals surface area contributed by atoms with E-state index in [0.717, 1.165) is 40.4 Å². The number of halogens is 1. The van der Waals surface area contributed by atoms with Gasteiger partial charge in [-0.15, -0.1) is 21.5 Å². The topological polar surface area (TPSA) is 59.8 Å². The fourth-order valence-corrected chi connectivity index (χ4v) is 4.12. The zero-order chi connectivity index (χ0) is 17.9. The van der Waals surface area contributed by atoms with Crippen LogP contribution in [0.2, 0.25) is 0 Å². The van der Waals surface area contributed by atoms with Gasteiger partial charge in [0.15, 0.2) is 5.82 Å². The number of rotatable bonds is 5. The van der Waals surface area contributed by atoms with Gasteiger partial charge in [0.05, 0.1) is 6.54 Å². The highest BCUT2D eigenvalue weighted by molar-refractivity contribution is 9.10. The third-order valence-electron chi connectivity index (χ3n) is 4.26. The van der Waals surface area contributed by atoms with Crippen molar-refractivity contribution >= 4 is 39.2 Å². The van der Waals surface area contributed by atoms with Gasteiger partial charge >= 0.3 is 0 Å². The lowest BCUT2D eigenvalue weighted by Gasteiger charge is -2.03. The lowest BCUT2D eigenvalue weighted by atomic mass is 10.2. The Hall–Kier alpha value is -2.25. The highest BCUT2D eigenvalue weighted by atomic mass is 79.9. The van der Waals surface area contributed by atoms with E-state index in [1.807, 2.05) is 24.3 Å². The lowest BCUT2D eigenvalue weighted by molar-refractivity contribution is -0.116. The number of benzene rings is 1. The fourth-order valence-electron chi connectivity index (χ4n) is 2.94. The molecule has 0 saturated carbocycles. The second-order valence-electron chi connectivity index (χ2n) is 6.05. The molecule has 0 fully saturated rings. The first-order valence-corrected chi connectivity index (χ1v) is 10.0. The van der Waals surface area contributed by atoms with Crippen molar-refractivity contribution in [2.24, 2.45) is 0 Å². The lowest BCUT2D eigenvalue weighted by Crippen LogP contribution is -2.22. The highest BCUT2D eigenvalue weighted by Gasteiger charge is 2.16. The summed E-state index contributed by atoms with van der Waals surface area (Å²) in [7, 11) is 0. The molecule has 26 heavy (non-hydrogen) atoms. The monoisotopic (exact) mass is 428 g/mol. The molecule has 0 aliphatic carbocycles. The Morgan fingerprint density at radius 2 is 2.08 bits per heavy atom. The van der Waals surface area contributed by atoms with Gasteiger partial charge in [0.1, 0.15) is 5.82 Å². The van der Waals surface area contributed by atoms with Gasteiger partial charge in [0, 0.05) is 33.3 Å². The average molecular weight is 429 g/mol. The number of hydrogen-bond acceptors (Lipinski definition) is 4. The number of nitrogens with zero attached hydrogens (tertiary/aromatic N) is 3. The first-order valence-electron chi connectivity index (χ1n) is 8.42. The molecule has 0 saturated heterocycles. The van der Waals surface area contributed by atoms with E-state index in [1.54, 1.807) is 17.4 Å². The molecule has 0 spiro atoms. The molecule has 7 heteroatoms. The summed E-state index contributed by atoms with van der Waals surface area (Å²) in [5.74, 6) is 1.72. The molecule has 132 valence electrons. The van der Waals surface area contributed by atoms with Crippen LogP contribution in [0.25, 0.3) is 16.5 Å². The average Bonchev–Trinajstić information content (AvgIpc) is 3.36. The van der Waals surface area contributed by atoms with Gasteiger partial charge < -0.3 is 9.88 Å². The van der Waals surface area contributed by atoms with Crippen LogP contribution >= 0.6 is 27.3 Å². The van der Waals surface area contributed by atoms with E-state index in [1.165, 1.54) is 10.4 Å². The maximum absolute atomic E-state index is 12.1. The van der Waals surface area contributed by atoms with Crippen molar-refractivity contribution < 1.29 is 4.79 Å². The Kier molecular flexibility index (Phi) is 4.99. The largest absolute Gasteiger partial charge is 0.345 e. The Balaban J connectivity index is 1.35. The molecule has 0 radical (unpaired) electrons. The van der Waals surface area contributed by atoms with Crippen LogP contribution in [0.4, 0.5) is 0 Å². The van der Waals surface area contributed by atoms with E-state index in [9.17, 15) is 4.79 Å². The Morgan fingerprint density at radius 3 is 2.92 bits per heavy atom. The van der Waals surface area contributed by atoms with Gasteiger partial charge in [-0.3, -0.25) is 4.79 Å². The maximum atomic E-state index is 12.1. The quantitative estimate of drug-likeness (QED) is 0.623. The summed E-state index contributed by atoms with van der Waals surface area (Å²) in [6.07, 6.45) is 5.49. The highest BCUT2D eigenvalue weighted by Crippen LogP contribution is 2.29. The summed E-state index contributed by atoms with van der Waals surface area (Å²) in [5.41, 5.74) is 1.17. The summed E-state index contributed by atoms with van der Waals surface area (Å²) >= 11 is 5.10. The summed E-state index contributed by atoms with van der Waals surface area (Å²) in [5, 5.41) is 11.2. The minimum Gasteiger partial charge on any atom is -0.345 e.